The molecule has 0 heterocycles. The van der Waals surface area contributed by atoms with Gasteiger partial charge in [-0.05, 0) is 6.07 Å². The van der Waals surface area contributed by atoms with Crippen LogP contribution < -0.4 is 4.74 Å². The molecule has 0 fully saturated rings. The van der Waals surface area contributed by atoms with Crippen LogP contribution in [-0.2, 0) is 4.79 Å². The summed E-state index contributed by atoms with van der Waals surface area (Å²) in [6, 6.07) is 1.77. The van der Waals surface area contributed by atoms with Crippen molar-refractivity contribution in [2.24, 2.45) is 0 Å². The molecule has 1 aromatic rings. The number of hydrogen-bond donors (Lipinski definition) is 1. The zero-order valence-corrected chi connectivity index (χ0v) is 8.54. The van der Waals surface area contributed by atoms with E-state index in [0.717, 1.165) is 6.07 Å². The zero-order chi connectivity index (χ0) is 12.1. The van der Waals surface area contributed by atoms with Crippen LogP contribution in [0.15, 0.2) is 18.2 Å². The van der Waals surface area contributed by atoms with Crippen LogP contribution in [0.5, 0.6) is 5.75 Å². The lowest BCUT2D eigenvalue weighted by Crippen LogP contribution is -1.94. The maximum absolute atomic E-state index is 13.2. The van der Waals surface area contributed by atoms with Gasteiger partial charge in [-0.2, -0.15) is 0 Å². The summed E-state index contributed by atoms with van der Waals surface area (Å²) in [7, 11) is 1.25. The van der Waals surface area contributed by atoms with E-state index < -0.39 is 17.6 Å². The van der Waals surface area contributed by atoms with Crippen LogP contribution in [0.1, 0.15) is 12.0 Å². The number of benzene rings is 1. The van der Waals surface area contributed by atoms with Gasteiger partial charge >= 0.3 is 5.97 Å². The Morgan fingerprint density at radius 1 is 1.50 bits per heavy atom. The van der Waals surface area contributed by atoms with Gasteiger partial charge in [0.05, 0.1) is 13.5 Å². The summed E-state index contributed by atoms with van der Waals surface area (Å²) in [4.78, 5) is 10.2. The molecule has 1 N–H and O–H groups in total. The van der Waals surface area contributed by atoms with E-state index in [2.05, 4.69) is 0 Å². The van der Waals surface area contributed by atoms with Crippen molar-refractivity contribution in [3.8, 4) is 5.75 Å². The molecule has 86 valence electrons. The van der Waals surface area contributed by atoms with E-state index in [1.807, 2.05) is 0 Å². The molecule has 0 saturated carbocycles. The van der Waals surface area contributed by atoms with Gasteiger partial charge in [0.15, 0.2) is 11.6 Å². The first-order valence-electron chi connectivity index (χ1n) is 4.46. The predicted octanol–water partition coefficient (Wildman–Crippen LogP) is 2.46. The maximum atomic E-state index is 13.2. The van der Waals surface area contributed by atoms with Gasteiger partial charge in [-0.1, -0.05) is 12.2 Å². The molecule has 0 saturated heterocycles. The van der Waals surface area contributed by atoms with Gasteiger partial charge in [0.25, 0.3) is 0 Å². The van der Waals surface area contributed by atoms with Gasteiger partial charge in [-0.3, -0.25) is 4.79 Å². The third-order valence-electron chi connectivity index (χ3n) is 1.83. The van der Waals surface area contributed by atoms with Crippen LogP contribution in [0.25, 0.3) is 6.08 Å². The Bertz CT molecular complexity index is 427. The molecule has 1 rings (SSSR count). The van der Waals surface area contributed by atoms with Gasteiger partial charge in [-0.25, -0.2) is 8.78 Å². The minimum Gasteiger partial charge on any atom is -0.493 e. The molecule has 5 heteroatoms. The molecular formula is C11H10F2O3. The van der Waals surface area contributed by atoms with Gasteiger partial charge in [0, 0.05) is 11.6 Å². The van der Waals surface area contributed by atoms with Crippen LogP contribution in [0, 0.1) is 11.6 Å². The highest BCUT2D eigenvalue weighted by Gasteiger charge is 2.09. The molecule has 0 amide bonds. The highest BCUT2D eigenvalue weighted by Crippen LogP contribution is 2.25. The molecule has 0 unspecified atom stereocenters. The number of carbonyl (C=O) groups is 1. The molecule has 0 aromatic heterocycles. The second-order valence-electron chi connectivity index (χ2n) is 3.01. The van der Waals surface area contributed by atoms with E-state index in [4.69, 9.17) is 9.84 Å². The monoisotopic (exact) mass is 228 g/mol. The van der Waals surface area contributed by atoms with Gasteiger partial charge in [0.2, 0.25) is 0 Å². The Kier molecular flexibility index (Phi) is 3.99. The summed E-state index contributed by atoms with van der Waals surface area (Å²) in [6.45, 7) is 0. The lowest BCUT2D eigenvalue weighted by Gasteiger charge is -2.05. The molecule has 16 heavy (non-hydrogen) atoms. The second kappa shape index (κ2) is 5.25. The molecule has 0 aliphatic carbocycles. The third kappa shape index (κ3) is 3.05. The Balaban J connectivity index is 3.02. The Hall–Kier alpha value is -1.91. The Morgan fingerprint density at radius 3 is 2.75 bits per heavy atom. The fourth-order valence-corrected chi connectivity index (χ4v) is 1.21. The quantitative estimate of drug-likeness (QED) is 0.861. The lowest BCUT2D eigenvalue weighted by atomic mass is 10.1. The number of ether oxygens (including phenoxy) is 1. The number of aliphatic carboxylic acids is 1. The van der Waals surface area contributed by atoms with E-state index >= 15 is 0 Å². The van der Waals surface area contributed by atoms with E-state index in [0.29, 0.717) is 6.07 Å². The molecule has 0 atom stereocenters. The van der Waals surface area contributed by atoms with E-state index in [1.165, 1.54) is 19.3 Å². The third-order valence-corrected chi connectivity index (χ3v) is 1.83. The van der Waals surface area contributed by atoms with Gasteiger partial charge in [0.1, 0.15) is 5.82 Å². The van der Waals surface area contributed by atoms with Crippen LogP contribution in [-0.4, -0.2) is 18.2 Å². The van der Waals surface area contributed by atoms with E-state index in [-0.39, 0.29) is 17.7 Å². The fraction of sp³-hybridized carbons (Fsp3) is 0.182. The maximum Gasteiger partial charge on any atom is 0.307 e. The standard InChI is InChI=1S/C11H10F2O3/c1-16-11-7(3-2-4-10(14)15)5-8(12)6-9(11)13/h2-3,5-6H,4H2,1H3,(H,14,15). The van der Waals surface area contributed by atoms with Crippen molar-refractivity contribution < 1.29 is 23.4 Å². The number of carboxylic acid groups (broad SMARTS) is 1. The van der Waals surface area contributed by atoms with Crippen molar-refractivity contribution in [2.45, 2.75) is 6.42 Å². The molecule has 0 spiro atoms. The van der Waals surface area contributed by atoms with Gasteiger partial charge in [-0.15, -0.1) is 0 Å². The summed E-state index contributed by atoms with van der Waals surface area (Å²) < 4.78 is 30.8. The van der Waals surface area contributed by atoms with Crippen LogP contribution >= 0.6 is 0 Å². The number of carboxylic acids is 1. The Morgan fingerprint density at radius 2 is 2.19 bits per heavy atom. The summed E-state index contributed by atoms with van der Waals surface area (Å²) in [5.41, 5.74) is 0.168. The number of halogens is 2. The number of hydrogen-bond acceptors (Lipinski definition) is 2. The van der Waals surface area contributed by atoms with E-state index in [9.17, 15) is 13.6 Å². The molecule has 0 aliphatic rings. The minimum atomic E-state index is -1.02. The van der Waals surface area contributed by atoms with Crippen molar-refractivity contribution >= 4 is 12.0 Å². The number of methoxy groups -OCH3 is 1. The molecule has 0 radical (unpaired) electrons. The summed E-state index contributed by atoms with van der Waals surface area (Å²) in [5.74, 6) is -2.69. The highest BCUT2D eigenvalue weighted by atomic mass is 19.1. The van der Waals surface area contributed by atoms with Crippen molar-refractivity contribution in [1.82, 2.24) is 0 Å². The highest BCUT2D eigenvalue weighted by molar-refractivity contribution is 5.71. The summed E-state index contributed by atoms with van der Waals surface area (Å²) in [6.07, 6.45) is 2.37. The molecular weight excluding hydrogens is 218 g/mol. The van der Waals surface area contributed by atoms with Crippen molar-refractivity contribution in [3.63, 3.8) is 0 Å². The van der Waals surface area contributed by atoms with E-state index in [1.54, 1.807) is 0 Å². The molecule has 1 aromatic carbocycles. The average Bonchev–Trinajstić information content (AvgIpc) is 2.16. The smallest absolute Gasteiger partial charge is 0.307 e. The van der Waals surface area contributed by atoms with Crippen LogP contribution in [0.2, 0.25) is 0 Å². The Labute approximate surface area is 91.0 Å². The molecule has 3 nitrogen and oxygen atoms in total. The molecule has 0 aliphatic heterocycles. The van der Waals surface area contributed by atoms with Crippen LogP contribution in [0.4, 0.5) is 8.78 Å². The minimum absolute atomic E-state index is 0.108. The van der Waals surface area contributed by atoms with Gasteiger partial charge < -0.3 is 9.84 Å². The largest absolute Gasteiger partial charge is 0.493 e. The first kappa shape index (κ1) is 12.2. The first-order chi connectivity index (χ1) is 7.54. The lowest BCUT2D eigenvalue weighted by molar-refractivity contribution is -0.135. The van der Waals surface area contributed by atoms with Crippen LogP contribution in [0.3, 0.4) is 0 Å². The normalized spacial score (nSPS) is 10.7. The predicted molar refractivity (Wildman–Crippen MR) is 54.2 cm³/mol. The SMILES string of the molecule is COc1c(F)cc(F)cc1C=CCC(=O)O. The van der Waals surface area contributed by atoms with Crippen molar-refractivity contribution in [1.29, 1.82) is 0 Å². The van der Waals surface area contributed by atoms with Crippen molar-refractivity contribution in [3.05, 3.63) is 35.4 Å². The second-order valence-corrected chi connectivity index (χ2v) is 3.01. The molecule has 0 bridgehead atoms. The topological polar surface area (TPSA) is 46.5 Å². The zero-order valence-electron chi connectivity index (χ0n) is 8.54. The van der Waals surface area contributed by atoms with Crippen molar-refractivity contribution in [2.75, 3.05) is 7.11 Å². The summed E-state index contributed by atoms with van der Waals surface area (Å²) >= 11 is 0. The number of rotatable bonds is 4. The average molecular weight is 228 g/mol. The summed E-state index contributed by atoms with van der Waals surface area (Å²) in [5, 5.41) is 8.40. The first-order valence-corrected chi connectivity index (χ1v) is 4.46. The fourth-order valence-electron chi connectivity index (χ4n) is 1.21.